The zero-order chi connectivity index (χ0) is 13.8. The zero-order valence-electron chi connectivity index (χ0n) is 10.4. The minimum atomic E-state index is -0.862. The Hall–Kier alpha value is -2.00. The van der Waals surface area contributed by atoms with Gasteiger partial charge >= 0.3 is 5.97 Å². The van der Waals surface area contributed by atoms with Gasteiger partial charge in [-0.1, -0.05) is 29.8 Å². The first-order chi connectivity index (χ1) is 9.10. The molecule has 0 saturated heterocycles. The van der Waals surface area contributed by atoms with E-state index in [1.165, 1.54) is 0 Å². The lowest BCUT2D eigenvalue weighted by atomic mass is 10.0. The van der Waals surface area contributed by atoms with Crippen molar-refractivity contribution in [3.63, 3.8) is 0 Å². The van der Waals surface area contributed by atoms with Crippen LogP contribution in [0.3, 0.4) is 0 Å². The minimum absolute atomic E-state index is 0.0197. The number of hydrogen-bond donors (Lipinski definition) is 1. The molecular weight excluding hydrogens is 264 g/mol. The molecule has 1 N–H and O–H groups in total. The van der Waals surface area contributed by atoms with Gasteiger partial charge in [-0.05, 0) is 35.4 Å². The van der Waals surface area contributed by atoms with E-state index in [0.717, 1.165) is 22.4 Å². The average molecular weight is 277 g/mol. The maximum absolute atomic E-state index is 10.7. The second-order valence-electron chi connectivity index (χ2n) is 4.12. The van der Waals surface area contributed by atoms with Gasteiger partial charge in [-0.25, -0.2) is 0 Å². The zero-order valence-corrected chi connectivity index (χ0v) is 11.1. The van der Waals surface area contributed by atoms with Crippen LogP contribution in [0.25, 0.3) is 11.1 Å². The molecule has 19 heavy (non-hydrogen) atoms. The van der Waals surface area contributed by atoms with Gasteiger partial charge in [0.05, 0.1) is 13.5 Å². The van der Waals surface area contributed by atoms with E-state index in [1.54, 1.807) is 25.3 Å². The van der Waals surface area contributed by atoms with Gasteiger partial charge in [-0.2, -0.15) is 0 Å². The van der Waals surface area contributed by atoms with E-state index < -0.39 is 5.97 Å². The normalized spacial score (nSPS) is 10.2. The van der Waals surface area contributed by atoms with Crippen molar-refractivity contribution in [1.82, 2.24) is 0 Å². The van der Waals surface area contributed by atoms with Crippen molar-refractivity contribution in [3.8, 4) is 16.9 Å². The van der Waals surface area contributed by atoms with Crippen molar-refractivity contribution >= 4 is 17.6 Å². The first-order valence-corrected chi connectivity index (χ1v) is 6.12. The standard InChI is InChI=1S/C15H13ClO3/c1-19-12-4-2-3-11(9-12)13-7-10(8-15(17)18)5-6-14(13)16/h2-7,9H,8H2,1H3,(H,17,18). The Morgan fingerprint density at radius 2 is 2.05 bits per heavy atom. The molecule has 0 aromatic heterocycles. The molecule has 2 aromatic carbocycles. The number of rotatable bonds is 4. The predicted octanol–water partition coefficient (Wildman–Crippen LogP) is 3.64. The van der Waals surface area contributed by atoms with E-state index in [1.807, 2.05) is 24.3 Å². The van der Waals surface area contributed by atoms with Crippen molar-refractivity contribution in [3.05, 3.63) is 53.1 Å². The van der Waals surface area contributed by atoms with E-state index in [-0.39, 0.29) is 6.42 Å². The molecule has 0 aliphatic heterocycles. The summed E-state index contributed by atoms with van der Waals surface area (Å²) in [6.45, 7) is 0. The Morgan fingerprint density at radius 3 is 2.74 bits per heavy atom. The van der Waals surface area contributed by atoms with Crippen molar-refractivity contribution in [2.45, 2.75) is 6.42 Å². The molecule has 0 amide bonds. The fourth-order valence-electron chi connectivity index (χ4n) is 1.87. The van der Waals surface area contributed by atoms with Crippen LogP contribution in [-0.2, 0) is 11.2 Å². The molecular formula is C15H13ClO3. The molecule has 2 rings (SSSR count). The molecule has 0 unspecified atom stereocenters. The molecule has 0 spiro atoms. The number of methoxy groups -OCH3 is 1. The molecule has 0 aliphatic rings. The molecule has 0 bridgehead atoms. The molecule has 0 aliphatic carbocycles. The topological polar surface area (TPSA) is 46.5 Å². The number of halogens is 1. The molecule has 2 aromatic rings. The van der Waals surface area contributed by atoms with E-state index in [4.69, 9.17) is 21.4 Å². The van der Waals surface area contributed by atoms with Crippen LogP contribution >= 0.6 is 11.6 Å². The van der Waals surface area contributed by atoms with Crippen LogP contribution < -0.4 is 4.74 Å². The fraction of sp³-hybridized carbons (Fsp3) is 0.133. The maximum atomic E-state index is 10.7. The molecule has 3 nitrogen and oxygen atoms in total. The Kier molecular flexibility index (Phi) is 4.07. The Morgan fingerprint density at radius 1 is 1.26 bits per heavy atom. The van der Waals surface area contributed by atoms with Crippen LogP contribution in [0.1, 0.15) is 5.56 Å². The lowest BCUT2D eigenvalue weighted by Crippen LogP contribution is -2.00. The Labute approximate surface area is 116 Å². The molecule has 0 radical (unpaired) electrons. The summed E-state index contributed by atoms with van der Waals surface area (Å²) in [6, 6.07) is 12.7. The third-order valence-electron chi connectivity index (χ3n) is 2.77. The van der Waals surface area contributed by atoms with Crippen molar-refractivity contribution < 1.29 is 14.6 Å². The van der Waals surface area contributed by atoms with Gasteiger partial charge in [0.2, 0.25) is 0 Å². The van der Waals surface area contributed by atoms with Gasteiger partial charge in [-0.15, -0.1) is 0 Å². The van der Waals surface area contributed by atoms with E-state index in [2.05, 4.69) is 0 Å². The van der Waals surface area contributed by atoms with Crippen molar-refractivity contribution in [1.29, 1.82) is 0 Å². The van der Waals surface area contributed by atoms with Crippen LogP contribution in [0.5, 0.6) is 5.75 Å². The van der Waals surface area contributed by atoms with Crippen molar-refractivity contribution in [2.24, 2.45) is 0 Å². The summed E-state index contributed by atoms with van der Waals surface area (Å²) in [7, 11) is 1.60. The summed E-state index contributed by atoms with van der Waals surface area (Å²) in [5.74, 6) is -0.129. The summed E-state index contributed by atoms with van der Waals surface area (Å²) < 4.78 is 5.17. The number of benzene rings is 2. The SMILES string of the molecule is COc1cccc(-c2cc(CC(=O)O)ccc2Cl)c1. The lowest BCUT2D eigenvalue weighted by Gasteiger charge is -2.08. The summed E-state index contributed by atoms with van der Waals surface area (Å²) in [5.41, 5.74) is 2.42. The van der Waals surface area contributed by atoms with E-state index >= 15 is 0 Å². The maximum Gasteiger partial charge on any atom is 0.307 e. The van der Waals surface area contributed by atoms with Gasteiger partial charge in [-0.3, -0.25) is 4.79 Å². The summed E-state index contributed by atoms with van der Waals surface area (Å²) in [4.78, 5) is 10.7. The highest BCUT2D eigenvalue weighted by atomic mass is 35.5. The molecule has 98 valence electrons. The van der Waals surface area contributed by atoms with Crippen LogP contribution in [0.15, 0.2) is 42.5 Å². The van der Waals surface area contributed by atoms with E-state index in [9.17, 15) is 4.79 Å². The number of carboxylic acid groups (broad SMARTS) is 1. The third kappa shape index (κ3) is 3.26. The second kappa shape index (κ2) is 5.76. The monoisotopic (exact) mass is 276 g/mol. The van der Waals surface area contributed by atoms with Gasteiger partial charge < -0.3 is 9.84 Å². The largest absolute Gasteiger partial charge is 0.497 e. The minimum Gasteiger partial charge on any atom is -0.497 e. The lowest BCUT2D eigenvalue weighted by molar-refractivity contribution is -0.136. The quantitative estimate of drug-likeness (QED) is 0.927. The smallest absolute Gasteiger partial charge is 0.307 e. The average Bonchev–Trinajstić information content (AvgIpc) is 2.40. The first-order valence-electron chi connectivity index (χ1n) is 5.75. The molecule has 0 heterocycles. The van der Waals surface area contributed by atoms with Crippen LogP contribution in [0, 0.1) is 0 Å². The third-order valence-corrected chi connectivity index (χ3v) is 3.10. The number of ether oxygens (including phenoxy) is 1. The van der Waals surface area contributed by atoms with Gasteiger partial charge in [0.15, 0.2) is 0 Å². The summed E-state index contributed by atoms with van der Waals surface area (Å²) >= 11 is 6.17. The van der Waals surface area contributed by atoms with Gasteiger partial charge in [0.25, 0.3) is 0 Å². The Bertz CT molecular complexity index is 608. The van der Waals surface area contributed by atoms with Crippen LogP contribution in [-0.4, -0.2) is 18.2 Å². The number of hydrogen-bond acceptors (Lipinski definition) is 2. The number of aliphatic carboxylic acids is 1. The van der Waals surface area contributed by atoms with Crippen LogP contribution in [0.2, 0.25) is 5.02 Å². The Balaban J connectivity index is 2.44. The number of carboxylic acids is 1. The van der Waals surface area contributed by atoms with E-state index in [0.29, 0.717) is 5.02 Å². The number of carbonyl (C=O) groups is 1. The van der Waals surface area contributed by atoms with Gasteiger partial charge in [0, 0.05) is 10.6 Å². The molecule has 0 atom stereocenters. The first kappa shape index (κ1) is 13.4. The van der Waals surface area contributed by atoms with Crippen LogP contribution in [0.4, 0.5) is 0 Å². The van der Waals surface area contributed by atoms with Gasteiger partial charge in [0.1, 0.15) is 5.75 Å². The molecule has 0 fully saturated rings. The van der Waals surface area contributed by atoms with Crippen molar-refractivity contribution in [2.75, 3.05) is 7.11 Å². The highest BCUT2D eigenvalue weighted by Crippen LogP contribution is 2.31. The highest BCUT2D eigenvalue weighted by Gasteiger charge is 2.08. The molecule has 0 saturated carbocycles. The highest BCUT2D eigenvalue weighted by molar-refractivity contribution is 6.33. The second-order valence-corrected chi connectivity index (χ2v) is 4.52. The summed E-state index contributed by atoms with van der Waals surface area (Å²) in [6.07, 6.45) is -0.0197. The predicted molar refractivity (Wildman–Crippen MR) is 74.8 cm³/mol. The summed E-state index contributed by atoms with van der Waals surface area (Å²) in [5, 5.41) is 9.41. The fourth-order valence-corrected chi connectivity index (χ4v) is 2.10. The molecule has 4 heteroatoms.